The molecule has 0 aliphatic carbocycles. The maximum absolute atomic E-state index is 13.5. The molecule has 1 saturated heterocycles. The first-order valence-electron chi connectivity index (χ1n) is 12.4. The summed E-state index contributed by atoms with van der Waals surface area (Å²) in [7, 11) is 1.54. The SMILES string of the molecule is CC.COc1cc2c(cc1-c1c(C)noc1C)ncc1nc(CN3CC(F)(F)C3)n(C(C)COC(F)F)c12. The topological polar surface area (TPSA) is 78.4 Å². The van der Waals surface area contributed by atoms with E-state index < -0.39 is 18.6 Å². The normalized spacial score (nSPS) is 16.0. The summed E-state index contributed by atoms with van der Waals surface area (Å²) in [6, 6.07) is 3.11. The van der Waals surface area contributed by atoms with Gasteiger partial charge in [0.05, 0.1) is 67.9 Å². The summed E-state index contributed by atoms with van der Waals surface area (Å²) in [5.41, 5.74) is 4.00. The van der Waals surface area contributed by atoms with Crippen LogP contribution in [0.1, 0.15) is 44.1 Å². The van der Waals surface area contributed by atoms with Crippen LogP contribution in [0.2, 0.25) is 0 Å². The lowest BCUT2D eigenvalue weighted by Crippen LogP contribution is -2.55. The van der Waals surface area contributed by atoms with Crippen molar-refractivity contribution in [1.29, 1.82) is 0 Å². The van der Waals surface area contributed by atoms with E-state index in [1.165, 1.54) is 0 Å². The number of pyridine rings is 1. The van der Waals surface area contributed by atoms with Crippen LogP contribution in [0.4, 0.5) is 17.6 Å². The van der Waals surface area contributed by atoms with E-state index in [1.807, 2.05) is 32.9 Å². The number of fused-ring (bicyclic) bond motifs is 3. The highest BCUT2D eigenvalue weighted by molar-refractivity contribution is 6.05. The maximum Gasteiger partial charge on any atom is 0.345 e. The lowest BCUT2D eigenvalue weighted by Gasteiger charge is -2.38. The third kappa shape index (κ3) is 5.19. The molecule has 1 aliphatic heterocycles. The van der Waals surface area contributed by atoms with Crippen molar-refractivity contribution in [3.05, 3.63) is 35.6 Å². The predicted octanol–water partition coefficient (Wildman–Crippen LogP) is 6.14. The van der Waals surface area contributed by atoms with Gasteiger partial charge < -0.3 is 18.6 Å². The minimum atomic E-state index is -2.93. The molecule has 0 radical (unpaired) electrons. The molecule has 38 heavy (non-hydrogen) atoms. The number of methoxy groups -OCH3 is 1. The van der Waals surface area contributed by atoms with Gasteiger partial charge >= 0.3 is 6.61 Å². The number of aryl methyl sites for hydroxylation is 2. The average molecular weight is 538 g/mol. The summed E-state index contributed by atoms with van der Waals surface area (Å²) in [6.07, 6.45) is 1.59. The van der Waals surface area contributed by atoms with Crippen molar-refractivity contribution in [3.8, 4) is 16.9 Å². The van der Waals surface area contributed by atoms with Crippen LogP contribution in [0.3, 0.4) is 0 Å². The number of aromatic nitrogens is 4. The first-order valence-corrected chi connectivity index (χ1v) is 12.4. The third-order valence-electron chi connectivity index (χ3n) is 6.39. The fourth-order valence-electron chi connectivity index (χ4n) is 4.88. The number of halogens is 4. The monoisotopic (exact) mass is 537 g/mol. The highest BCUT2D eigenvalue weighted by Crippen LogP contribution is 2.40. The molecule has 0 saturated carbocycles. The molecule has 5 rings (SSSR count). The van der Waals surface area contributed by atoms with Crippen molar-refractivity contribution in [3.63, 3.8) is 0 Å². The lowest BCUT2D eigenvalue weighted by atomic mass is 10.0. The van der Waals surface area contributed by atoms with Crippen molar-refractivity contribution >= 4 is 21.9 Å². The van der Waals surface area contributed by atoms with Gasteiger partial charge in [-0.15, -0.1) is 0 Å². The standard InChI is InChI=1S/C24H25F4N5O3.C2H6/c1-12(9-35-23(25)26)33-20(8-32-10-24(27,28)11-32)30-18-7-29-17-5-16(21-13(2)31-36-14(21)3)19(34-4)6-15(17)22(18)33;1-2/h5-7,12,23H,8-11H2,1-4H3;1-2H3. The number of hydrogen-bond acceptors (Lipinski definition) is 7. The van der Waals surface area contributed by atoms with E-state index >= 15 is 0 Å². The van der Waals surface area contributed by atoms with E-state index in [0.717, 1.165) is 11.1 Å². The molecule has 0 amide bonds. The van der Waals surface area contributed by atoms with E-state index in [1.54, 1.807) is 36.6 Å². The van der Waals surface area contributed by atoms with Crippen molar-refractivity contribution < 1.29 is 31.6 Å². The van der Waals surface area contributed by atoms with Crippen LogP contribution < -0.4 is 4.74 Å². The van der Waals surface area contributed by atoms with Gasteiger partial charge in [-0.25, -0.2) is 13.8 Å². The number of benzene rings is 1. The Morgan fingerprint density at radius 1 is 1.13 bits per heavy atom. The molecule has 0 N–H and O–H groups in total. The van der Waals surface area contributed by atoms with Gasteiger partial charge in [-0.2, -0.15) is 8.78 Å². The second-order valence-corrected chi connectivity index (χ2v) is 9.10. The molecule has 12 heteroatoms. The first kappa shape index (κ1) is 27.8. The van der Waals surface area contributed by atoms with Gasteiger partial charge in [0.25, 0.3) is 5.92 Å². The van der Waals surface area contributed by atoms with E-state index in [0.29, 0.717) is 45.0 Å². The average Bonchev–Trinajstić information content (AvgIpc) is 3.40. The molecule has 0 bridgehead atoms. The van der Waals surface area contributed by atoms with Crippen LogP contribution in [-0.4, -0.2) is 63.9 Å². The summed E-state index contributed by atoms with van der Waals surface area (Å²) in [5, 5.41) is 4.70. The predicted molar refractivity (Wildman–Crippen MR) is 135 cm³/mol. The molecule has 1 aliphatic rings. The molecular weight excluding hydrogens is 506 g/mol. The van der Waals surface area contributed by atoms with Crippen LogP contribution >= 0.6 is 0 Å². The zero-order chi connectivity index (χ0) is 27.8. The summed E-state index contributed by atoms with van der Waals surface area (Å²) < 4.78 is 70.0. The molecule has 1 fully saturated rings. The van der Waals surface area contributed by atoms with Crippen molar-refractivity contribution in [1.82, 2.24) is 24.6 Å². The molecule has 1 unspecified atom stereocenters. The Hall–Kier alpha value is -3.25. The third-order valence-corrected chi connectivity index (χ3v) is 6.39. The van der Waals surface area contributed by atoms with Gasteiger partial charge in [0.2, 0.25) is 0 Å². The van der Waals surface area contributed by atoms with Crippen LogP contribution in [0.15, 0.2) is 22.9 Å². The van der Waals surface area contributed by atoms with E-state index in [2.05, 4.69) is 19.9 Å². The molecule has 4 aromatic rings. The maximum atomic E-state index is 13.5. The molecule has 3 aromatic heterocycles. The van der Waals surface area contributed by atoms with Gasteiger partial charge in [0.15, 0.2) is 0 Å². The van der Waals surface area contributed by atoms with E-state index in [4.69, 9.17) is 9.26 Å². The smallest absolute Gasteiger partial charge is 0.345 e. The Kier molecular flexibility index (Phi) is 7.93. The van der Waals surface area contributed by atoms with E-state index in [-0.39, 0.29) is 26.2 Å². The van der Waals surface area contributed by atoms with Gasteiger partial charge in [0, 0.05) is 10.9 Å². The molecule has 8 nitrogen and oxygen atoms in total. The van der Waals surface area contributed by atoms with Gasteiger partial charge in [-0.05, 0) is 32.9 Å². The number of hydrogen-bond donors (Lipinski definition) is 0. The number of nitrogens with zero attached hydrogens (tertiary/aromatic N) is 5. The first-order chi connectivity index (χ1) is 18.1. The Balaban J connectivity index is 0.00000164. The van der Waals surface area contributed by atoms with Crippen LogP contribution in [-0.2, 0) is 11.3 Å². The summed E-state index contributed by atoms with van der Waals surface area (Å²) in [4.78, 5) is 10.8. The Labute approximate surface area is 217 Å². The molecular formula is C26H31F4N5O3. The zero-order valence-corrected chi connectivity index (χ0v) is 22.2. The Morgan fingerprint density at radius 2 is 1.84 bits per heavy atom. The molecule has 1 atom stereocenters. The fourth-order valence-corrected chi connectivity index (χ4v) is 4.88. The number of ether oxygens (including phenoxy) is 2. The minimum Gasteiger partial charge on any atom is -0.496 e. The Bertz CT molecular complexity index is 1410. The quantitative estimate of drug-likeness (QED) is 0.250. The highest BCUT2D eigenvalue weighted by Gasteiger charge is 2.44. The summed E-state index contributed by atoms with van der Waals surface area (Å²) in [5.74, 6) is -1.10. The summed E-state index contributed by atoms with van der Waals surface area (Å²) >= 11 is 0. The minimum absolute atomic E-state index is 0.138. The number of rotatable bonds is 8. The zero-order valence-electron chi connectivity index (χ0n) is 22.2. The van der Waals surface area contributed by atoms with Gasteiger partial charge in [0.1, 0.15) is 22.9 Å². The van der Waals surface area contributed by atoms with Crippen LogP contribution in [0, 0.1) is 13.8 Å². The second kappa shape index (κ2) is 10.9. The van der Waals surface area contributed by atoms with Gasteiger partial charge in [-0.1, -0.05) is 19.0 Å². The second-order valence-electron chi connectivity index (χ2n) is 9.10. The number of likely N-dealkylation sites (tertiary alicyclic amines) is 1. The van der Waals surface area contributed by atoms with Crippen molar-refractivity contribution in [2.75, 3.05) is 26.8 Å². The van der Waals surface area contributed by atoms with E-state index in [9.17, 15) is 17.6 Å². The van der Waals surface area contributed by atoms with Gasteiger partial charge in [-0.3, -0.25) is 9.88 Å². The molecule has 206 valence electrons. The largest absolute Gasteiger partial charge is 0.496 e. The Morgan fingerprint density at radius 3 is 2.42 bits per heavy atom. The fraction of sp³-hybridized carbons (Fsp3) is 0.500. The van der Waals surface area contributed by atoms with Crippen LogP contribution in [0.25, 0.3) is 33.1 Å². The molecule has 0 spiro atoms. The highest BCUT2D eigenvalue weighted by atomic mass is 19.3. The van der Waals surface area contributed by atoms with Crippen molar-refractivity contribution in [2.24, 2.45) is 0 Å². The van der Waals surface area contributed by atoms with Crippen LogP contribution in [0.5, 0.6) is 5.75 Å². The lowest BCUT2D eigenvalue weighted by molar-refractivity contribution is -0.138. The summed E-state index contributed by atoms with van der Waals surface area (Å²) in [6.45, 7) is 5.51. The number of imidazole rings is 1. The molecule has 1 aromatic carbocycles. The number of alkyl halides is 4. The molecule has 4 heterocycles. The van der Waals surface area contributed by atoms with Crippen molar-refractivity contribution in [2.45, 2.75) is 59.7 Å².